The number of hydrogen-bond donors (Lipinski definition) is 0. The van der Waals surface area contributed by atoms with Gasteiger partial charge in [-0.05, 0) is 50.9 Å². The molecule has 3 unspecified atom stereocenters. The summed E-state index contributed by atoms with van der Waals surface area (Å²) in [6.07, 6.45) is 7.23. The number of nitrogens with zero attached hydrogens (tertiary/aromatic N) is 2. The molecule has 3 rings (SSSR count). The van der Waals surface area contributed by atoms with Crippen molar-refractivity contribution in [3.8, 4) is 6.07 Å². The summed E-state index contributed by atoms with van der Waals surface area (Å²) >= 11 is 1.74. The lowest BCUT2D eigenvalue weighted by atomic mass is 9.71. The van der Waals surface area contributed by atoms with E-state index in [1.165, 1.54) is 24.1 Å². The van der Waals surface area contributed by atoms with Crippen LogP contribution in [0.5, 0.6) is 0 Å². The second kappa shape index (κ2) is 4.10. The van der Waals surface area contributed by atoms with Crippen molar-refractivity contribution in [2.75, 3.05) is 0 Å². The van der Waals surface area contributed by atoms with Crippen LogP contribution in [-0.4, -0.2) is 4.98 Å². The number of nitriles is 1. The monoisotopic (exact) mass is 246 g/mol. The average molecular weight is 246 g/mol. The van der Waals surface area contributed by atoms with Gasteiger partial charge < -0.3 is 0 Å². The highest BCUT2D eigenvalue weighted by atomic mass is 32.1. The molecular formula is C14H18N2S. The number of aryl methyl sites for hydroxylation is 2. The van der Waals surface area contributed by atoms with E-state index in [2.05, 4.69) is 18.0 Å². The quantitative estimate of drug-likeness (QED) is 0.815. The standard InChI is InChI=1S/C14H18N2S/c1-10-13(17-9-16-10)4-5-14(8-15)7-11-2-3-12(14)6-11/h9,11-12H,2-7H2,1H3. The maximum atomic E-state index is 9.57. The van der Waals surface area contributed by atoms with Gasteiger partial charge in [0.25, 0.3) is 0 Å². The SMILES string of the molecule is Cc1ncsc1CCC1(C#N)CC2CCC1C2. The Labute approximate surface area is 107 Å². The molecule has 0 N–H and O–H groups in total. The van der Waals surface area contributed by atoms with Crippen LogP contribution in [0.4, 0.5) is 0 Å². The van der Waals surface area contributed by atoms with Gasteiger partial charge in [-0.25, -0.2) is 4.98 Å². The molecule has 2 nitrogen and oxygen atoms in total. The molecule has 2 saturated carbocycles. The summed E-state index contributed by atoms with van der Waals surface area (Å²) in [4.78, 5) is 5.67. The Morgan fingerprint density at radius 1 is 1.59 bits per heavy atom. The Bertz CT molecular complexity index is 459. The number of hydrogen-bond acceptors (Lipinski definition) is 3. The van der Waals surface area contributed by atoms with Crippen molar-refractivity contribution < 1.29 is 0 Å². The lowest BCUT2D eigenvalue weighted by Gasteiger charge is -2.30. The summed E-state index contributed by atoms with van der Waals surface area (Å²) in [5.74, 6) is 1.54. The number of aromatic nitrogens is 1. The van der Waals surface area contributed by atoms with Crippen LogP contribution in [-0.2, 0) is 6.42 Å². The molecule has 0 radical (unpaired) electrons. The Morgan fingerprint density at radius 2 is 2.47 bits per heavy atom. The summed E-state index contributed by atoms with van der Waals surface area (Å²) < 4.78 is 0. The highest BCUT2D eigenvalue weighted by Gasteiger charge is 2.50. The lowest BCUT2D eigenvalue weighted by molar-refractivity contribution is 0.224. The van der Waals surface area contributed by atoms with E-state index >= 15 is 0 Å². The second-order valence-corrected chi connectivity index (χ2v) is 6.65. The number of rotatable bonds is 3. The molecule has 3 atom stereocenters. The first-order valence-electron chi connectivity index (χ1n) is 6.54. The molecule has 0 aliphatic heterocycles. The number of thiazole rings is 1. The smallest absolute Gasteiger partial charge is 0.0797 e. The van der Waals surface area contributed by atoms with Crippen molar-refractivity contribution in [1.82, 2.24) is 4.98 Å². The first-order chi connectivity index (χ1) is 8.23. The topological polar surface area (TPSA) is 36.7 Å². The Morgan fingerprint density at radius 3 is 3.00 bits per heavy atom. The van der Waals surface area contributed by atoms with Crippen LogP contribution < -0.4 is 0 Å². The Balaban J connectivity index is 1.72. The predicted octanol–water partition coefficient (Wildman–Crippen LogP) is 3.71. The van der Waals surface area contributed by atoms with Gasteiger partial charge in [-0.2, -0.15) is 5.26 Å². The molecule has 90 valence electrons. The number of fused-ring (bicyclic) bond motifs is 2. The molecular weight excluding hydrogens is 228 g/mol. The fraction of sp³-hybridized carbons (Fsp3) is 0.714. The van der Waals surface area contributed by atoms with Gasteiger partial charge in [-0.1, -0.05) is 6.42 Å². The Hall–Kier alpha value is -0.880. The van der Waals surface area contributed by atoms with E-state index in [0.29, 0.717) is 5.92 Å². The molecule has 0 amide bonds. The molecule has 3 heteroatoms. The van der Waals surface area contributed by atoms with Gasteiger partial charge in [-0.3, -0.25) is 0 Å². The van der Waals surface area contributed by atoms with Crippen LogP contribution in [0.15, 0.2) is 5.51 Å². The van der Waals surface area contributed by atoms with E-state index in [4.69, 9.17) is 0 Å². The summed E-state index contributed by atoms with van der Waals surface area (Å²) in [7, 11) is 0. The van der Waals surface area contributed by atoms with E-state index < -0.39 is 0 Å². The molecule has 2 bridgehead atoms. The average Bonchev–Trinajstić information content (AvgIpc) is 3.02. The minimum atomic E-state index is -0.000648. The molecule has 0 spiro atoms. The molecule has 1 heterocycles. The zero-order valence-electron chi connectivity index (χ0n) is 10.3. The third kappa shape index (κ3) is 1.79. The van der Waals surface area contributed by atoms with Crippen LogP contribution in [0.1, 0.15) is 42.7 Å². The normalized spacial score (nSPS) is 35.1. The van der Waals surface area contributed by atoms with E-state index in [1.807, 2.05) is 5.51 Å². The predicted molar refractivity (Wildman–Crippen MR) is 68.7 cm³/mol. The molecule has 17 heavy (non-hydrogen) atoms. The van der Waals surface area contributed by atoms with Gasteiger partial charge in [-0.15, -0.1) is 11.3 Å². The maximum absolute atomic E-state index is 9.57. The molecule has 0 aromatic carbocycles. The van der Waals surface area contributed by atoms with E-state index in [-0.39, 0.29) is 5.41 Å². The molecule has 2 fully saturated rings. The van der Waals surface area contributed by atoms with Crippen molar-refractivity contribution in [3.63, 3.8) is 0 Å². The molecule has 2 aliphatic carbocycles. The third-order valence-corrected chi connectivity index (χ3v) is 5.84. The van der Waals surface area contributed by atoms with Crippen LogP contribution in [0, 0.1) is 35.5 Å². The third-order valence-electron chi connectivity index (χ3n) is 4.84. The lowest BCUT2D eigenvalue weighted by Crippen LogP contribution is -2.26. The van der Waals surface area contributed by atoms with Crippen LogP contribution in [0.3, 0.4) is 0 Å². The minimum Gasteiger partial charge on any atom is -0.250 e. The van der Waals surface area contributed by atoms with Gasteiger partial charge in [0.1, 0.15) is 0 Å². The highest BCUT2D eigenvalue weighted by molar-refractivity contribution is 7.09. The zero-order chi connectivity index (χ0) is 11.9. The van der Waals surface area contributed by atoms with E-state index in [1.54, 1.807) is 11.3 Å². The minimum absolute atomic E-state index is 0.000648. The van der Waals surface area contributed by atoms with Crippen molar-refractivity contribution >= 4 is 11.3 Å². The van der Waals surface area contributed by atoms with Gasteiger partial charge in [0, 0.05) is 4.88 Å². The summed E-state index contributed by atoms with van der Waals surface area (Å²) in [6.45, 7) is 2.08. The van der Waals surface area contributed by atoms with Crippen LogP contribution >= 0.6 is 11.3 Å². The van der Waals surface area contributed by atoms with E-state index in [9.17, 15) is 5.26 Å². The summed E-state index contributed by atoms with van der Waals surface area (Å²) in [5, 5.41) is 9.57. The molecule has 1 aromatic heterocycles. The van der Waals surface area contributed by atoms with Crippen molar-refractivity contribution in [1.29, 1.82) is 5.26 Å². The molecule has 1 aromatic rings. The van der Waals surface area contributed by atoms with Gasteiger partial charge in [0.15, 0.2) is 0 Å². The van der Waals surface area contributed by atoms with Gasteiger partial charge >= 0.3 is 0 Å². The van der Waals surface area contributed by atoms with Crippen molar-refractivity contribution in [2.24, 2.45) is 17.3 Å². The maximum Gasteiger partial charge on any atom is 0.0797 e. The molecule has 2 aliphatic rings. The van der Waals surface area contributed by atoms with Gasteiger partial charge in [0.05, 0.1) is 22.7 Å². The fourth-order valence-electron chi connectivity index (χ4n) is 3.85. The second-order valence-electron chi connectivity index (χ2n) is 5.71. The molecule has 0 saturated heterocycles. The fourth-order valence-corrected chi connectivity index (χ4v) is 4.63. The Kier molecular flexibility index (Phi) is 2.71. The van der Waals surface area contributed by atoms with E-state index in [0.717, 1.165) is 30.9 Å². The van der Waals surface area contributed by atoms with Crippen LogP contribution in [0.2, 0.25) is 0 Å². The largest absolute Gasteiger partial charge is 0.250 e. The summed E-state index contributed by atoms with van der Waals surface area (Å²) in [5.41, 5.74) is 3.08. The first kappa shape index (κ1) is 11.2. The zero-order valence-corrected chi connectivity index (χ0v) is 11.1. The highest BCUT2D eigenvalue weighted by Crippen LogP contribution is 2.57. The van der Waals surface area contributed by atoms with Gasteiger partial charge in [0.2, 0.25) is 0 Å². The van der Waals surface area contributed by atoms with Crippen molar-refractivity contribution in [2.45, 2.75) is 45.4 Å². The summed E-state index contributed by atoms with van der Waals surface area (Å²) in [6, 6.07) is 2.67. The first-order valence-corrected chi connectivity index (χ1v) is 7.42. The van der Waals surface area contributed by atoms with Crippen LogP contribution in [0.25, 0.3) is 0 Å². The van der Waals surface area contributed by atoms with Crippen molar-refractivity contribution in [3.05, 3.63) is 16.1 Å².